The van der Waals surface area contributed by atoms with Crippen molar-refractivity contribution in [3.63, 3.8) is 0 Å². The molecule has 1 aromatic rings. The number of rotatable bonds is 4. The van der Waals surface area contributed by atoms with Gasteiger partial charge in [-0.15, -0.1) is 0 Å². The summed E-state index contributed by atoms with van der Waals surface area (Å²) in [7, 11) is 1.31. The first kappa shape index (κ1) is 11.7. The molecule has 0 radical (unpaired) electrons. The van der Waals surface area contributed by atoms with Crippen molar-refractivity contribution >= 4 is 17.3 Å². The second-order valence-electron chi connectivity index (χ2n) is 4.30. The summed E-state index contributed by atoms with van der Waals surface area (Å²) in [6.45, 7) is 0.224. The van der Waals surface area contributed by atoms with E-state index in [0.29, 0.717) is 29.8 Å². The van der Waals surface area contributed by atoms with E-state index < -0.39 is 11.6 Å². The van der Waals surface area contributed by atoms with Gasteiger partial charge in [-0.1, -0.05) is 0 Å². The highest BCUT2D eigenvalue weighted by Crippen LogP contribution is 2.40. The Morgan fingerprint density at radius 2 is 2.29 bits per heavy atom. The monoisotopic (exact) mass is 238 g/mol. The van der Waals surface area contributed by atoms with Gasteiger partial charge in [0, 0.05) is 6.54 Å². The molecule has 0 bridgehead atoms. The van der Waals surface area contributed by atoms with E-state index in [4.69, 9.17) is 5.73 Å². The SMILES string of the molecule is COC(=O)c1ccc(N)c(NCC2(F)CC2)c1. The number of hydrogen-bond donors (Lipinski definition) is 2. The van der Waals surface area contributed by atoms with Gasteiger partial charge in [0.2, 0.25) is 0 Å². The van der Waals surface area contributed by atoms with Gasteiger partial charge in [0.15, 0.2) is 0 Å². The predicted octanol–water partition coefficient (Wildman–Crippen LogP) is 1.97. The normalized spacial score (nSPS) is 16.4. The molecule has 17 heavy (non-hydrogen) atoms. The number of esters is 1. The number of halogens is 1. The zero-order valence-corrected chi connectivity index (χ0v) is 9.63. The van der Waals surface area contributed by atoms with E-state index in [1.807, 2.05) is 0 Å². The van der Waals surface area contributed by atoms with Crippen molar-refractivity contribution in [1.82, 2.24) is 0 Å². The Balaban J connectivity index is 2.11. The number of methoxy groups -OCH3 is 1. The summed E-state index contributed by atoms with van der Waals surface area (Å²) in [5.74, 6) is -0.436. The Kier molecular flexibility index (Phi) is 2.92. The van der Waals surface area contributed by atoms with Gasteiger partial charge in [0.1, 0.15) is 5.67 Å². The molecule has 0 unspecified atom stereocenters. The maximum atomic E-state index is 13.4. The Bertz CT molecular complexity index is 444. The van der Waals surface area contributed by atoms with Crippen LogP contribution in [0.5, 0.6) is 0 Å². The van der Waals surface area contributed by atoms with Crippen LogP contribution in [-0.2, 0) is 4.74 Å². The zero-order valence-electron chi connectivity index (χ0n) is 9.63. The molecule has 92 valence electrons. The molecular formula is C12H15FN2O2. The molecule has 0 spiro atoms. The fourth-order valence-corrected chi connectivity index (χ4v) is 1.52. The standard InChI is InChI=1S/C12H15FN2O2/c1-17-11(16)8-2-3-9(14)10(6-8)15-7-12(13)4-5-12/h2-3,6,15H,4-5,7,14H2,1H3. The summed E-state index contributed by atoms with van der Waals surface area (Å²) < 4.78 is 18.1. The van der Waals surface area contributed by atoms with E-state index >= 15 is 0 Å². The molecular weight excluding hydrogens is 223 g/mol. The van der Waals surface area contributed by atoms with Crippen LogP contribution < -0.4 is 11.1 Å². The van der Waals surface area contributed by atoms with Crippen LogP contribution >= 0.6 is 0 Å². The molecule has 0 aromatic heterocycles. The van der Waals surface area contributed by atoms with E-state index in [1.165, 1.54) is 7.11 Å². The average Bonchev–Trinajstić information content (AvgIpc) is 3.06. The van der Waals surface area contributed by atoms with E-state index in [0.717, 1.165) is 0 Å². The minimum absolute atomic E-state index is 0.224. The number of alkyl halides is 1. The molecule has 1 aliphatic rings. The Hall–Kier alpha value is -1.78. The lowest BCUT2D eigenvalue weighted by Gasteiger charge is -2.12. The number of nitrogen functional groups attached to an aromatic ring is 1. The molecule has 4 nitrogen and oxygen atoms in total. The van der Waals surface area contributed by atoms with Crippen LogP contribution in [0.15, 0.2) is 18.2 Å². The maximum absolute atomic E-state index is 13.4. The van der Waals surface area contributed by atoms with E-state index in [-0.39, 0.29) is 6.54 Å². The molecule has 0 atom stereocenters. The first-order valence-corrected chi connectivity index (χ1v) is 5.45. The lowest BCUT2D eigenvalue weighted by molar-refractivity contribution is 0.0601. The summed E-state index contributed by atoms with van der Waals surface area (Å²) >= 11 is 0. The van der Waals surface area contributed by atoms with Gasteiger partial charge in [0.05, 0.1) is 24.0 Å². The van der Waals surface area contributed by atoms with Crippen molar-refractivity contribution < 1.29 is 13.9 Å². The molecule has 0 amide bonds. The molecule has 1 aromatic carbocycles. The number of ether oxygens (including phenoxy) is 1. The van der Waals surface area contributed by atoms with Crippen molar-refractivity contribution in [3.8, 4) is 0 Å². The number of benzene rings is 1. The van der Waals surface area contributed by atoms with Crippen LogP contribution in [-0.4, -0.2) is 25.3 Å². The van der Waals surface area contributed by atoms with Crippen LogP contribution in [0.3, 0.4) is 0 Å². The Morgan fingerprint density at radius 3 is 2.88 bits per heavy atom. The van der Waals surface area contributed by atoms with Gasteiger partial charge in [0.25, 0.3) is 0 Å². The molecule has 1 saturated carbocycles. The van der Waals surface area contributed by atoms with Crippen molar-refractivity contribution in [3.05, 3.63) is 23.8 Å². The van der Waals surface area contributed by atoms with Gasteiger partial charge < -0.3 is 15.8 Å². The number of carbonyl (C=O) groups is 1. The van der Waals surface area contributed by atoms with Gasteiger partial charge in [-0.25, -0.2) is 9.18 Å². The molecule has 3 N–H and O–H groups in total. The third-order valence-corrected chi connectivity index (χ3v) is 2.86. The molecule has 0 saturated heterocycles. The minimum Gasteiger partial charge on any atom is -0.465 e. The van der Waals surface area contributed by atoms with E-state index in [9.17, 15) is 9.18 Å². The molecule has 0 aliphatic heterocycles. The Morgan fingerprint density at radius 1 is 1.59 bits per heavy atom. The lowest BCUT2D eigenvalue weighted by Crippen LogP contribution is -2.17. The van der Waals surface area contributed by atoms with Crippen LogP contribution in [0, 0.1) is 0 Å². The van der Waals surface area contributed by atoms with E-state index in [1.54, 1.807) is 18.2 Å². The number of nitrogens with one attached hydrogen (secondary N) is 1. The highest BCUT2D eigenvalue weighted by molar-refractivity contribution is 5.91. The minimum atomic E-state index is -1.10. The fraction of sp³-hybridized carbons (Fsp3) is 0.417. The highest BCUT2D eigenvalue weighted by Gasteiger charge is 2.42. The fourth-order valence-electron chi connectivity index (χ4n) is 1.52. The third-order valence-electron chi connectivity index (χ3n) is 2.86. The smallest absolute Gasteiger partial charge is 0.337 e. The second kappa shape index (κ2) is 4.24. The summed E-state index contributed by atoms with van der Waals surface area (Å²) in [5, 5.41) is 2.93. The summed E-state index contributed by atoms with van der Waals surface area (Å²) in [5.41, 5.74) is 6.09. The highest BCUT2D eigenvalue weighted by atomic mass is 19.1. The van der Waals surface area contributed by atoms with Crippen molar-refractivity contribution in [2.75, 3.05) is 24.7 Å². The van der Waals surface area contributed by atoms with Gasteiger partial charge in [-0.2, -0.15) is 0 Å². The number of nitrogens with two attached hydrogens (primary N) is 1. The first-order chi connectivity index (χ1) is 8.04. The summed E-state index contributed by atoms with van der Waals surface area (Å²) in [6, 6.07) is 4.76. The molecule has 2 rings (SSSR count). The lowest BCUT2D eigenvalue weighted by atomic mass is 10.1. The predicted molar refractivity (Wildman–Crippen MR) is 63.8 cm³/mol. The summed E-state index contributed by atoms with van der Waals surface area (Å²) in [4.78, 5) is 11.3. The van der Waals surface area contributed by atoms with Crippen LogP contribution in [0.25, 0.3) is 0 Å². The average molecular weight is 238 g/mol. The first-order valence-electron chi connectivity index (χ1n) is 5.45. The molecule has 1 fully saturated rings. The van der Waals surface area contributed by atoms with Crippen molar-refractivity contribution in [1.29, 1.82) is 0 Å². The Labute approximate surface area is 98.9 Å². The largest absolute Gasteiger partial charge is 0.465 e. The van der Waals surface area contributed by atoms with Crippen LogP contribution in [0.4, 0.5) is 15.8 Å². The van der Waals surface area contributed by atoms with Crippen molar-refractivity contribution in [2.45, 2.75) is 18.5 Å². The topological polar surface area (TPSA) is 64.3 Å². The van der Waals surface area contributed by atoms with Gasteiger partial charge >= 0.3 is 5.97 Å². The van der Waals surface area contributed by atoms with Crippen molar-refractivity contribution in [2.24, 2.45) is 0 Å². The zero-order chi connectivity index (χ0) is 12.5. The van der Waals surface area contributed by atoms with Gasteiger partial charge in [-0.3, -0.25) is 0 Å². The second-order valence-corrected chi connectivity index (χ2v) is 4.30. The number of anilines is 2. The quantitative estimate of drug-likeness (QED) is 0.621. The van der Waals surface area contributed by atoms with Crippen LogP contribution in [0.1, 0.15) is 23.2 Å². The summed E-state index contributed by atoms with van der Waals surface area (Å²) in [6.07, 6.45) is 1.16. The maximum Gasteiger partial charge on any atom is 0.337 e. The molecule has 1 aliphatic carbocycles. The molecule has 0 heterocycles. The third kappa shape index (κ3) is 2.67. The number of carbonyl (C=O) groups excluding carboxylic acids is 1. The van der Waals surface area contributed by atoms with Crippen LogP contribution in [0.2, 0.25) is 0 Å². The number of hydrogen-bond acceptors (Lipinski definition) is 4. The van der Waals surface area contributed by atoms with E-state index in [2.05, 4.69) is 10.1 Å². The molecule has 5 heteroatoms. The van der Waals surface area contributed by atoms with Gasteiger partial charge in [-0.05, 0) is 31.0 Å².